The highest BCUT2D eigenvalue weighted by Crippen LogP contribution is 2.26. The molecule has 2 aromatic rings. The summed E-state index contributed by atoms with van der Waals surface area (Å²) in [4.78, 5) is 23.7. The molecular weight excluding hydrogens is 368 g/mol. The minimum absolute atomic E-state index is 0.00143. The van der Waals surface area contributed by atoms with Gasteiger partial charge in [-0.1, -0.05) is 12.1 Å². The lowest BCUT2D eigenvalue weighted by Crippen LogP contribution is -2.08. The average Bonchev–Trinajstić information content (AvgIpc) is 2.63. The highest BCUT2D eigenvalue weighted by Gasteiger charge is 2.18. The van der Waals surface area contributed by atoms with Gasteiger partial charge in [0, 0.05) is 19.1 Å². The van der Waals surface area contributed by atoms with Gasteiger partial charge in [0.25, 0.3) is 0 Å². The van der Waals surface area contributed by atoms with Crippen LogP contribution in [0.1, 0.15) is 35.7 Å². The SMILES string of the molecule is COc1ccc(COc2ccc(S(C)(=O)=O)cc2C(=O)CCC(C)=O)cc1. The Labute approximate surface area is 159 Å². The van der Waals surface area contributed by atoms with E-state index < -0.39 is 9.84 Å². The molecule has 0 fully saturated rings. The van der Waals surface area contributed by atoms with Crippen LogP contribution >= 0.6 is 0 Å². The van der Waals surface area contributed by atoms with Gasteiger partial charge in [0.2, 0.25) is 0 Å². The third-order valence-corrected chi connectivity index (χ3v) is 5.05. The van der Waals surface area contributed by atoms with Crippen molar-refractivity contribution in [2.75, 3.05) is 13.4 Å². The maximum Gasteiger partial charge on any atom is 0.175 e. The molecule has 0 unspecified atom stereocenters. The largest absolute Gasteiger partial charge is 0.497 e. The van der Waals surface area contributed by atoms with Gasteiger partial charge in [-0.05, 0) is 42.8 Å². The number of rotatable bonds is 9. The van der Waals surface area contributed by atoms with E-state index in [0.29, 0.717) is 0 Å². The number of ketones is 2. The molecule has 0 heterocycles. The van der Waals surface area contributed by atoms with E-state index in [-0.39, 0.29) is 47.2 Å². The number of carbonyl (C=O) groups excluding carboxylic acids is 2. The maximum atomic E-state index is 12.5. The highest BCUT2D eigenvalue weighted by molar-refractivity contribution is 7.90. The fourth-order valence-electron chi connectivity index (χ4n) is 2.39. The van der Waals surface area contributed by atoms with E-state index in [1.54, 1.807) is 19.2 Å². The lowest BCUT2D eigenvalue weighted by Gasteiger charge is -2.12. The zero-order valence-electron chi connectivity index (χ0n) is 15.5. The van der Waals surface area contributed by atoms with Crippen molar-refractivity contribution in [1.82, 2.24) is 0 Å². The molecule has 0 aliphatic rings. The van der Waals surface area contributed by atoms with Crippen LogP contribution in [-0.2, 0) is 21.2 Å². The number of methoxy groups -OCH3 is 1. The molecule has 0 aliphatic carbocycles. The van der Waals surface area contributed by atoms with Crippen molar-refractivity contribution in [2.45, 2.75) is 31.3 Å². The molecule has 27 heavy (non-hydrogen) atoms. The summed E-state index contributed by atoms with van der Waals surface area (Å²) in [7, 11) is -1.89. The van der Waals surface area contributed by atoms with Gasteiger partial charge in [-0.25, -0.2) is 8.42 Å². The van der Waals surface area contributed by atoms with Crippen LogP contribution in [0.15, 0.2) is 47.4 Å². The minimum Gasteiger partial charge on any atom is -0.497 e. The lowest BCUT2D eigenvalue weighted by atomic mass is 10.0. The van der Waals surface area contributed by atoms with Gasteiger partial charge < -0.3 is 14.3 Å². The Hall–Kier alpha value is -2.67. The summed E-state index contributed by atoms with van der Waals surface area (Å²) in [6.07, 6.45) is 1.17. The quantitative estimate of drug-likeness (QED) is 0.611. The van der Waals surface area contributed by atoms with Gasteiger partial charge in [0.1, 0.15) is 23.9 Å². The second kappa shape index (κ2) is 8.81. The summed E-state index contributed by atoms with van der Waals surface area (Å²) in [6, 6.07) is 11.4. The van der Waals surface area contributed by atoms with E-state index in [0.717, 1.165) is 17.6 Å². The Morgan fingerprint density at radius 3 is 2.22 bits per heavy atom. The van der Waals surface area contributed by atoms with Crippen molar-refractivity contribution < 1.29 is 27.5 Å². The molecular formula is C20H22O6S. The van der Waals surface area contributed by atoms with Gasteiger partial charge in [-0.15, -0.1) is 0 Å². The van der Waals surface area contributed by atoms with Crippen LogP contribution in [0.3, 0.4) is 0 Å². The third kappa shape index (κ3) is 5.92. The molecule has 0 spiro atoms. The summed E-state index contributed by atoms with van der Waals surface area (Å²) in [6.45, 7) is 1.61. The second-order valence-corrected chi connectivity index (χ2v) is 8.21. The molecule has 0 saturated heterocycles. The normalized spacial score (nSPS) is 11.1. The predicted molar refractivity (Wildman–Crippen MR) is 101 cm³/mol. The van der Waals surface area contributed by atoms with E-state index in [4.69, 9.17) is 9.47 Å². The summed E-state index contributed by atoms with van der Waals surface area (Å²) >= 11 is 0. The van der Waals surface area contributed by atoms with E-state index in [9.17, 15) is 18.0 Å². The predicted octanol–water partition coefficient (Wildman–Crippen LogP) is 3.23. The average molecular weight is 390 g/mol. The first-order valence-electron chi connectivity index (χ1n) is 8.33. The topological polar surface area (TPSA) is 86.7 Å². The van der Waals surface area contributed by atoms with E-state index in [2.05, 4.69) is 0 Å². The monoisotopic (exact) mass is 390 g/mol. The van der Waals surface area contributed by atoms with Crippen LogP contribution in [0.2, 0.25) is 0 Å². The first-order valence-corrected chi connectivity index (χ1v) is 10.2. The van der Waals surface area contributed by atoms with Gasteiger partial charge in [0.15, 0.2) is 15.6 Å². The van der Waals surface area contributed by atoms with Crippen LogP contribution < -0.4 is 9.47 Å². The second-order valence-electron chi connectivity index (χ2n) is 6.19. The van der Waals surface area contributed by atoms with Crippen molar-refractivity contribution in [3.63, 3.8) is 0 Å². The van der Waals surface area contributed by atoms with Crippen LogP contribution in [0, 0.1) is 0 Å². The number of hydrogen-bond donors (Lipinski definition) is 0. The minimum atomic E-state index is -3.47. The van der Waals surface area contributed by atoms with Crippen molar-refractivity contribution in [3.8, 4) is 11.5 Å². The van der Waals surface area contributed by atoms with Crippen molar-refractivity contribution in [1.29, 1.82) is 0 Å². The number of ether oxygens (including phenoxy) is 2. The third-order valence-electron chi connectivity index (χ3n) is 3.94. The molecule has 0 radical (unpaired) electrons. The van der Waals surface area contributed by atoms with Gasteiger partial charge in [-0.3, -0.25) is 4.79 Å². The molecule has 0 atom stereocenters. The van der Waals surface area contributed by atoms with Crippen LogP contribution in [-0.4, -0.2) is 33.3 Å². The molecule has 0 amide bonds. The molecule has 0 saturated carbocycles. The first kappa shape index (κ1) is 20.6. The Bertz CT molecular complexity index is 929. The summed E-state index contributed by atoms with van der Waals surface area (Å²) in [5, 5.41) is 0. The number of Topliss-reactive ketones (excluding diaryl/α,β-unsaturated/α-hetero) is 2. The lowest BCUT2D eigenvalue weighted by molar-refractivity contribution is -0.116. The first-order chi connectivity index (χ1) is 12.7. The fourth-order valence-corrected chi connectivity index (χ4v) is 3.04. The van der Waals surface area contributed by atoms with Crippen molar-refractivity contribution in [3.05, 3.63) is 53.6 Å². The molecule has 6 nitrogen and oxygen atoms in total. The van der Waals surface area contributed by atoms with E-state index >= 15 is 0 Å². The molecule has 0 bridgehead atoms. The molecule has 144 valence electrons. The standard InChI is InChI=1S/C20H22O6S/c1-14(21)4-10-19(22)18-12-17(27(3,23)24)9-11-20(18)26-13-15-5-7-16(25-2)8-6-15/h5-9,11-12H,4,10,13H2,1-3H3. The van der Waals surface area contributed by atoms with Crippen LogP contribution in [0.4, 0.5) is 0 Å². The van der Waals surface area contributed by atoms with Crippen LogP contribution in [0.25, 0.3) is 0 Å². The molecule has 0 N–H and O–H groups in total. The molecule has 7 heteroatoms. The summed E-state index contributed by atoms with van der Waals surface area (Å²) in [5.74, 6) is 0.562. The Balaban J connectivity index is 2.27. The number of hydrogen-bond acceptors (Lipinski definition) is 6. The van der Waals surface area contributed by atoms with Gasteiger partial charge in [0.05, 0.1) is 17.6 Å². The van der Waals surface area contributed by atoms with Crippen molar-refractivity contribution in [2.24, 2.45) is 0 Å². The van der Waals surface area contributed by atoms with E-state index in [1.165, 1.54) is 25.1 Å². The molecule has 0 aliphatic heterocycles. The Morgan fingerprint density at radius 2 is 1.67 bits per heavy atom. The number of carbonyl (C=O) groups is 2. The summed E-state index contributed by atoms with van der Waals surface area (Å²) < 4.78 is 34.5. The zero-order chi connectivity index (χ0) is 20.0. The van der Waals surface area contributed by atoms with Gasteiger partial charge in [-0.2, -0.15) is 0 Å². The molecule has 2 aromatic carbocycles. The van der Waals surface area contributed by atoms with Crippen LogP contribution in [0.5, 0.6) is 11.5 Å². The summed E-state index contributed by atoms with van der Waals surface area (Å²) in [5.41, 5.74) is 1.03. The Morgan fingerprint density at radius 1 is 1.00 bits per heavy atom. The Kier molecular flexibility index (Phi) is 6.74. The zero-order valence-corrected chi connectivity index (χ0v) is 16.3. The number of benzene rings is 2. The molecule has 2 rings (SSSR count). The highest BCUT2D eigenvalue weighted by atomic mass is 32.2. The fraction of sp³-hybridized carbons (Fsp3) is 0.300. The van der Waals surface area contributed by atoms with Gasteiger partial charge >= 0.3 is 0 Å². The number of sulfone groups is 1. The molecule has 0 aromatic heterocycles. The smallest absolute Gasteiger partial charge is 0.175 e. The van der Waals surface area contributed by atoms with Crippen molar-refractivity contribution >= 4 is 21.4 Å². The van der Waals surface area contributed by atoms with E-state index in [1.807, 2.05) is 12.1 Å². The maximum absolute atomic E-state index is 12.5.